The second-order valence-electron chi connectivity index (χ2n) is 3.86. The Morgan fingerprint density at radius 2 is 1.78 bits per heavy atom. The molecular weight excluding hydrogens is 261 g/mol. The number of hydrogen-bond acceptors (Lipinski definition) is 2. The maximum Gasteiger partial charge on any atom is 0.417 e. The third-order valence-electron chi connectivity index (χ3n) is 2.66. The van der Waals surface area contributed by atoms with E-state index in [0.717, 1.165) is 11.3 Å². The SMILES string of the molecule is Cc1sc(-c2ccccc2)c(CO)c1C(F)(F)F. The summed E-state index contributed by atoms with van der Waals surface area (Å²) >= 11 is 1.07. The van der Waals surface area contributed by atoms with Gasteiger partial charge in [0.1, 0.15) is 0 Å². The fourth-order valence-electron chi connectivity index (χ4n) is 1.94. The highest BCUT2D eigenvalue weighted by atomic mass is 32.1. The fraction of sp³-hybridized carbons (Fsp3) is 0.231. The number of aliphatic hydroxyl groups is 1. The molecule has 0 unspecified atom stereocenters. The van der Waals surface area contributed by atoms with Crippen LogP contribution in [0.15, 0.2) is 30.3 Å². The second kappa shape index (κ2) is 4.74. The lowest BCUT2D eigenvalue weighted by Gasteiger charge is -2.09. The average molecular weight is 272 g/mol. The fourth-order valence-corrected chi connectivity index (χ4v) is 3.13. The smallest absolute Gasteiger partial charge is 0.392 e. The van der Waals surface area contributed by atoms with Crippen molar-refractivity contribution < 1.29 is 18.3 Å². The normalized spacial score (nSPS) is 11.8. The van der Waals surface area contributed by atoms with Crippen molar-refractivity contribution in [1.82, 2.24) is 0 Å². The molecule has 2 aromatic rings. The molecule has 1 aromatic carbocycles. The maximum atomic E-state index is 12.9. The van der Waals surface area contributed by atoms with E-state index in [-0.39, 0.29) is 10.4 Å². The molecule has 0 spiro atoms. The average Bonchev–Trinajstić information content (AvgIpc) is 2.67. The summed E-state index contributed by atoms with van der Waals surface area (Å²) in [5, 5.41) is 9.24. The van der Waals surface area contributed by atoms with E-state index in [1.807, 2.05) is 0 Å². The van der Waals surface area contributed by atoms with E-state index in [1.54, 1.807) is 30.3 Å². The Labute approximate surface area is 107 Å². The van der Waals surface area contributed by atoms with E-state index < -0.39 is 18.3 Å². The summed E-state index contributed by atoms with van der Waals surface area (Å²) in [6.45, 7) is 0.822. The van der Waals surface area contributed by atoms with Crippen molar-refractivity contribution in [3.05, 3.63) is 46.3 Å². The standard InChI is InChI=1S/C13H11F3OS/c1-8-11(13(14,15)16)10(7-17)12(18-8)9-5-3-2-4-6-9/h2-6,17H,7H2,1H3. The third kappa shape index (κ3) is 2.28. The van der Waals surface area contributed by atoms with Crippen molar-refractivity contribution in [2.45, 2.75) is 19.7 Å². The number of hydrogen-bond donors (Lipinski definition) is 1. The van der Waals surface area contributed by atoms with Gasteiger partial charge in [0, 0.05) is 15.3 Å². The van der Waals surface area contributed by atoms with Crippen LogP contribution in [-0.4, -0.2) is 5.11 Å². The summed E-state index contributed by atoms with van der Waals surface area (Å²) in [5.74, 6) is 0. The Kier molecular flexibility index (Phi) is 3.45. The van der Waals surface area contributed by atoms with Crippen LogP contribution in [0.1, 0.15) is 16.0 Å². The van der Waals surface area contributed by atoms with Crippen LogP contribution in [0.4, 0.5) is 13.2 Å². The molecule has 18 heavy (non-hydrogen) atoms. The highest BCUT2D eigenvalue weighted by molar-refractivity contribution is 7.15. The van der Waals surface area contributed by atoms with E-state index >= 15 is 0 Å². The van der Waals surface area contributed by atoms with Gasteiger partial charge in [-0.25, -0.2) is 0 Å². The Balaban J connectivity index is 2.65. The van der Waals surface area contributed by atoms with Crippen molar-refractivity contribution in [2.24, 2.45) is 0 Å². The second-order valence-corrected chi connectivity index (χ2v) is 5.09. The van der Waals surface area contributed by atoms with E-state index in [1.165, 1.54) is 6.92 Å². The van der Waals surface area contributed by atoms with Gasteiger partial charge in [0.25, 0.3) is 0 Å². The summed E-state index contributed by atoms with van der Waals surface area (Å²) in [5.41, 5.74) is -0.0322. The van der Waals surface area contributed by atoms with Crippen LogP contribution in [0, 0.1) is 6.92 Å². The Morgan fingerprint density at radius 3 is 2.28 bits per heavy atom. The van der Waals surface area contributed by atoms with Crippen molar-refractivity contribution in [1.29, 1.82) is 0 Å². The van der Waals surface area contributed by atoms with Crippen molar-refractivity contribution >= 4 is 11.3 Å². The summed E-state index contributed by atoms with van der Waals surface area (Å²) in [6, 6.07) is 8.81. The zero-order valence-corrected chi connectivity index (χ0v) is 10.4. The number of benzene rings is 1. The highest BCUT2D eigenvalue weighted by Crippen LogP contribution is 2.44. The monoisotopic (exact) mass is 272 g/mol. The lowest BCUT2D eigenvalue weighted by Crippen LogP contribution is -2.08. The molecule has 2 rings (SSSR count). The molecule has 1 heterocycles. The van der Waals surface area contributed by atoms with Gasteiger partial charge in [-0.3, -0.25) is 0 Å². The summed E-state index contributed by atoms with van der Waals surface area (Å²) in [6.07, 6.45) is -4.42. The van der Waals surface area contributed by atoms with Gasteiger partial charge >= 0.3 is 6.18 Å². The van der Waals surface area contributed by atoms with E-state index in [9.17, 15) is 18.3 Å². The van der Waals surface area contributed by atoms with Crippen molar-refractivity contribution in [2.75, 3.05) is 0 Å². The molecule has 0 radical (unpaired) electrons. The number of rotatable bonds is 2. The lowest BCUT2D eigenvalue weighted by atomic mass is 10.0. The molecule has 0 atom stereocenters. The van der Waals surface area contributed by atoms with E-state index in [4.69, 9.17) is 0 Å². The van der Waals surface area contributed by atoms with Crippen LogP contribution in [0.3, 0.4) is 0 Å². The number of aryl methyl sites for hydroxylation is 1. The van der Waals surface area contributed by atoms with Crippen molar-refractivity contribution in [3.63, 3.8) is 0 Å². The largest absolute Gasteiger partial charge is 0.417 e. The quantitative estimate of drug-likeness (QED) is 0.867. The van der Waals surface area contributed by atoms with Crippen LogP contribution in [-0.2, 0) is 12.8 Å². The van der Waals surface area contributed by atoms with Gasteiger partial charge in [-0.15, -0.1) is 11.3 Å². The van der Waals surface area contributed by atoms with Gasteiger partial charge in [0.2, 0.25) is 0 Å². The van der Waals surface area contributed by atoms with E-state index in [2.05, 4.69) is 0 Å². The predicted octanol–water partition coefficient (Wildman–Crippen LogP) is 4.23. The van der Waals surface area contributed by atoms with Crippen LogP contribution in [0.25, 0.3) is 10.4 Å². The van der Waals surface area contributed by atoms with Crippen LogP contribution < -0.4 is 0 Å². The van der Waals surface area contributed by atoms with Crippen LogP contribution in [0.2, 0.25) is 0 Å². The van der Waals surface area contributed by atoms with Gasteiger partial charge < -0.3 is 5.11 Å². The molecule has 0 saturated carbocycles. The van der Waals surface area contributed by atoms with Gasteiger partial charge in [0.15, 0.2) is 0 Å². The van der Waals surface area contributed by atoms with Gasteiger partial charge in [-0.1, -0.05) is 30.3 Å². The molecule has 0 aliphatic rings. The molecule has 1 aromatic heterocycles. The highest BCUT2D eigenvalue weighted by Gasteiger charge is 2.37. The maximum absolute atomic E-state index is 12.9. The summed E-state index contributed by atoms with van der Waals surface area (Å²) in [7, 11) is 0. The number of thiophene rings is 1. The molecule has 96 valence electrons. The number of halogens is 3. The predicted molar refractivity (Wildman–Crippen MR) is 65.4 cm³/mol. The first kappa shape index (κ1) is 13.1. The Bertz CT molecular complexity index is 543. The minimum absolute atomic E-state index is 0.0313. The minimum Gasteiger partial charge on any atom is -0.392 e. The zero-order valence-electron chi connectivity index (χ0n) is 9.58. The van der Waals surface area contributed by atoms with E-state index in [0.29, 0.717) is 10.4 Å². The lowest BCUT2D eigenvalue weighted by molar-refractivity contribution is -0.138. The first-order valence-corrected chi connectivity index (χ1v) is 6.12. The first-order chi connectivity index (χ1) is 8.45. The zero-order chi connectivity index (χ0) is 13.3. The molecule has 0 amide bonds. The minimum atomic E-state index is -4.42. The van der Waals surface area contributed by atoms with Crippen LogP contribution in [0.5, 0.6) is 0 Å². The molecule has 0 fully saturated rings. The number of alkyl halides is 3. The molecule has 0 aliphatic heterocycles. The molecule has 1 N–H and O–H groups in total. The third-order valence-corrected chi connectivity index (χ3v) is 3.86. The van der Waals surface area contributed by atoms with Gasteiger partial charge in [0.05, 0.1) is 12.2 Å². The Morgan fingerprint density at radius 1 is 1.17 bits per heavy atom. The summed E-state index contributed by atoms with van der Waals surface area (Å²) in [4.78, 5) is 0.674. The molecule has 0 bridgehead atoms. The topological polar surface area (TPSA) is 20.2 Å². The number of aliphatic hydroxyl groups excluding tert-OH is 1. The Hall–Kier alpha value is -1.33. The van der Waals surface area contributed by atoms with Gasteiger partial charge in [-0.05, 0) is 12.5 Å². The van der Waals surface area contributed by atoms with Crippen molar-refractivity contribution in [3.8, 4) is 10.4 Å². The first-order valence-electron chi connectivity index (χ1n) is 5.31. The van der Waals surface area contributed by atoms with Crippen LogP contribution >= 0.6 is 11.3 Å². The molecular formula is C13H11F3OS. The summed E-state index contributed by atoms with van der Waals surface area (Å²) < 4.78 is 38.8. The molecule has 0 aliphatic carbocycles. The molecule has 5 heteroatoms. The van der Waals surface area contributed by atoms with Gasteiger partial charge in [-0.2, -0.15) is 13.2 Å². The molecule has 0 saturated heterocycles. The molecule has 1 nitrogen and oxygen atoms in total.